The lowest BCUT2D eigenvalue weighted by Gasteiger charge is -2.32. The molecule has 0 spiro atoms. The Morgan fingerprint density at radius 2 is 1.17 bits per heavy atom. The van der Waals surface area contributed by atoms with E-state index < -0.39 is 8.07 Å². The summed E-state index contributed by atoms with van der Waals surface area (Å²) in [5.74, 6) is 0. The number of hydrogen-bond donors (Lipinski definition) is 0. The van der Waals surface area contributed by atoms with Crippen molar-refractivity contribution in [1.82, 2.24) is 0 Å². The summed E-state index contributed by atoms with van der Waals surface area (Å²) in [5.41, 5.74) is 4.14. The summed E-state index contributed by atoms with van der Waals surface area (Å²) in [6.07, 6.45) is 0. The maximum atomic E-state index is 2.41. The van der Waals surface area contributed by atoms with Gasteiger partial charge in [0.25, 0.3) is 0 Å². The summed E-state index contributed by atoms with van der Waals surface area (Å²) in [7, 11) is -2.41. The maximum Gasteiger partial charge on any atom is 0.181 e. The Morgan fingerprint density at radius 3 is 1.87 bits per heavy atom. The van der Waals surface area contributed by atoms with Gasteiger partial charge in [-0.2, -0.15) is 0 Å². The average Bonchev–Trinajstić information content (AvgIpc) is 3.11. The van der Waals surface area contributed by atoms with Crippen LogP contribution in [0.3, 0.4) is 0 Å². The Hall–Kier alpha value is -3.42. The molecule has 0 aliphatic carbocycles. The van der Waals surface area contributed by atoms with E-state index in [1.54, 1.807) is 5.19 Å². The molecule has 0 fully saturated rings. The van der Waals surface area contributed by atoms with Gasteiger partial charge in [-0.05, 0) is 49.6 Å². The third-order valence-corrected chi connectivity index (χ3v) is 11.5. The first kappa shape index (κ1) is 17.4. The van der Waals surface area contributed by atoms with E-state index in [1.165, 1.54) is 43.0 Å². The fraction of sp³-hybridized carbons (Fsp3) is 0.0345. The van der Waals surface area contributed by atoms with Crippen LogP contribution in [0.4, 0.5) is 0 Å². The molecule has 1 heteroatoms. The zero-order valence-electron chi connectivity index (χ0n) is 17.0. The quantitative estimate of drug-likeness (QED) is 0.377. The van der Waals surface area contributed by atoms with Gasteiger partial charge in [-0.1, -0.05) is 121 Å². The van der Waals surface area contributed by atoms with E-state index in [-0.39, 0.29) is 0 Å². The van der Waals surface area contributed by atoms with Crippen LogP contribution < -0.4 is 20.7 Å². The molecule has 30 heavy (non-hydrogen) atoms. The Bertz CT molecular complexity index is 1350. The highest BCUT2D eigenvalue weighted by molar-refractivity contribution is 7.23. The molecule has 6 rings (SSSR count). The largest absolute Gasteiger partial charge is 0.181 e. The molecule has 0 unspecified atom stereocenters. The molecule has 1 heterocycles. The first-order chi connectivity index (χ1) is 14.8. The first-order valence-electron chi connectivity index (χ1n) is 10.5. The summed E-state index contributed by atoms with van der Waals surface area (Å²) < 4.78 is 0. The highest BCUT2D eigenvalue weighted by Crippen LogP contribution is 2.32. The van der Waals surface area contributed by atoms with Gasteiger partial charge in [0.1, 0.15) is 0 Å². The summed E-state index contributed by atoms with van der Waals surface area (Å²) in [5, 5.41) is 8.68. The standard InChI is InChI=1S/C29H22Si/c1-21-16-19-28-27(20-21)26-18-17-22-10-8-9-15-25(22)29(26)30(28,23-11-4-2-5-12-23)24-13-6-3-7-14-24/h2-20H,1H3. The van der Waals surface area contributed by atoms with Gasteiger partial charge in [0, 0.05) is 0 Å². The van der Waals surface area contributed by atoms with Gasteiger partial charge >= 0.3 is 0 Å². The van der Waals surface area contributed by atoms with Crippen LogP contribution in [0.1, 0.15) is 5.56 Å². The van der Waals surface area contributed by atoms with Gasteiger partial charge in [0.05, 0.1) is 0 Å². The van der Waals surface area contributed by atoms with Crippen molar-refractivity contribution < 1.29 is 0 Å². The second-order valence-corrected chi connectivity index (χ2v) is 11.9. The van der Waals surface area contributed by atoms with Crippen molar-refractivity contribution >= 4 is 39.6 Å². The van der Waals surface area contributed by atoms with Crippen LogP contribution in [0.15, 0.2) is 115 Å². The molecule has 0 amide bonds. The van der Waals surface area contributed by atoms with Crippen molar-refractivity contribution in [3.05, 3.63) is 121 Å². The van der Waals surface area contributed by atoms with Crippen molar-refractivity contribution in [2.75, 3.05) is 0 Å². The van der Waals surface area contributed by atoms with Gasteiger partial charge in [0.15, 0.2) is 8.07 Å². The summed E-state index contributed by atoms with van der Waals surface area (Å²) >= 11 is 0. The van der Waals surface area contributed by atoms with E-state index in [0.717, 1.165) is 0 Å². The van der Waals surface area contributed by atoms with Gasteiger partial charge in [-0.25, -0.2) is 0 Å². The third-order valence-electron chi connectivity index (χ3n) is 6.59. The summed E-state index contributed by atoms with van der Waals surface area (Å²) in [6.45, 7) is 2.20. The molecule has 0 N–H and O–H groups in total. The van der Waals surface area contributed by atoms with Crippen molar-refractivity contribution in [2.45, 2.75) is 6.92 Å². The first-order valence-corrected chi connectivity index (χ1v) is 12.5. The van der Waals surface area contributed by atoms with E-state index >= 15 is 0 Å². The second-order valence-electron chi connectivity index (χ2n) is 8.24. The van der Waals surface area contributed by atoms with Crippen molar-refractivity contribution in [2.24, 2.45) is 0 Å². The lowest BCUT2D eigenvalue weighted by Crippen LogP contribution is -2.73. The topological polar surface area (TPSA) is 0 Å². The highest BCUT2D eigenvalue weighted by Gasteiger charge is 2.49. The second kappa shape index (κ2) is 6.55. The highest BCUT2D eigenvalue weighted by atomic mass is 28.3. The lowest BCUT2D eigenvalue weighted by atomic mass is 10.0. The Balaban J connectivity index is 1.88. The van der Waals surface area contributed by atoms with Gasteiger partial charge in [0.2, 0.25) is 0 Å². The number of hydrogen-bond acceptors (Lipinski definition) is 0. The molecule has 0 radical (unpaired) electrons. The molecule has 0 aromatic heterocycles. The summed E-state index contributed by atoms with van der Waals surface area (Å²) in [4.78, 5) is 0. The van der Waals surface area contributed by atoms with Crippen LogP contribution in [-0.2, 0) is 0 Å². The zero-order valence-corrected chi connectivity index (χ0v) is 18.0. The minimum absolute atomic E-state index is 1.32. The lowest BCUT2D eigenvalue weighted by molar-refractivity contribution is 1.49. The monoisotopic (exact) mass is 398 g/mol. The normalized spacial score (nSPS) is 13.8. The van der Waals surface area contributed by atoms with Crippen LogP contribution in [0.5, 0.6) is 0 Å². The fourth-order valence-corrected chi connectivity index (χ4v) is 10.8. The number of benzene rings is 5. The van der Waals surface area contributed by atoms with E-state index in [0.29, 0.717) is 0 Å². The summed E-state index contributed by atoms with van der Waals surface area (Å²) in [6, 6.07) is 43.1. The third kappa shape index (κ3) is 2.27. The Labute approximate surface area is 178 Å². The van der Waals surface area contributed by atoms with E-state index in [9.17, 15) is 0 Å². The predicted molar refractivity (Wildman–Crippen MR) is 131 cm³/mol. The molecule has 0 nitrogen and oxygen atoms in total. The van der Waals surface area contributed by atoms with Crippen molar-refractivity contribution in [3.63, 3.8) is 0 Å². The van der Waals surface area contributed by atoms with Gasteiger partial charge in [-0.3, -0.25) is 0 Å². The smallest absolute Gasteiger partial charge is 0.0623 e. The van der Waals surface area contributed by atoms with Crippen LogP contribution >= 0.6 is 0 Å². The van der Waals surface area contributed by atoms with Crippen molar-refractivity contribution in [1.29, 1.82) is 0 Å². The molecule has 1 aliphatic rings. The molecule has 0 saturated heterocycles. The van der Waals surface area contributed by atoms with Crippen LogP contribution in [-0.4, -0.2) is 8.07 Å². The molecule has 5 aromatic carbocycles. The fourth-order valence-electron chi connectivity index (χ4n) is 5.39. The molecular weight excluding hydrogens is 376 g/mol. The van der Waals surface area contributed by atoms with Gasteiger partial charge in [-0.15, -0.1) is 0 Å². The SMILES string of the molecule is Cc1ccc2c(c1)-c1ccc3ccccc3c1[Si]2(c1ccccc1)c1ccccc1. The van der Waals surface area contributed by atoms with E-state index in [4.69, 9.17) is 0 Å². The Morgan fingerprint density at radius 1 is 0.533 bits per heavy atom. The minimum atomic E-state index is -2.41. The molecule has 1 aliphatic heterocycles. The molecule has 0 bridgehead atoms. The predicted octanol–water partition coefficient (Wildman–Crippen LogP) is 4.51. The zero-order chi connectivity index (χ0) is 20.1. The molecular formula is C29H22Si. The molecule has 5 aromatic rings. The van der Waals surface area contributed by atoms with Crippen molar-refractivity contribution in [3.8, 4) is 11.1 Å². The van der Waals surface area contributed by atoms with Crippen LogP contribution in [0.2, 0.25) is 0 Å². The van der Waals surface area contributed by atoms with Crippen LogP contribution in [0.25, 0.3) is 21.9 Å². The number of rotatable bonds is 2. The number of aryl methyl sites for hydroxylation is 1. The van der Waals surface area contributed by atoms with Crippen LogP contribution in [0, 0.1) is 6.92 Å². The van der Waals surface area contributed by atoms with Gasteiger partial charge < -0.3 is 0 Å². The Kier molecular flexibility index (Phi) is 3.81. The van der Waals surface area contributed by atoms with E-state index in [1.807, 2.05) is 0 Å². The minimum Gasteiger partial charge on any atom is -0.0623 e. The maximum absolute atomic E-state index is 2.41. The van der Waals surface area contributed by atoms with E-state index in [2.05, 4.69) is 122 Å². The molecule has 0 atom stereocenters. The average molecular weight is 399 g/mol. The molecule has 142 valence electrons. The molecule has 0 saturated carbocycles. The number of fused-ring (bicyclic) bond motifs is 5.